The molecule has 0 bridgehead atoms. The third-order valence-electron chi connectivity index (χ3n) is 0.183. The molecule has 0 aromatic carbocycles. The van der Waals surface area contributed by atoms with Crippen molar-refractivity contribution < 1.29 is 69.3 Å². The highest BCUT2D eigenvalue weighted by atomic mass is 16.4. The normalized spacial score (nSPS) is 6.50. The molecule has 7 N–H and O–H groups in total. The summed E-state index contributed by atoms with van der Waals surface area (Å²) in [4.78, 5) is 63.2. The van der Waals surface area contributed by atoms with E-state index in [0.29, 0.717) is 0 Å². The Labute approximate surface area is 146 Å². The summed E-state index contributed by atoms with van der Waals surface area (Å²) < 4.78 is 0. The summed E-state index contributed by atoms with van der Waals surface area (Å²) in [5, 5.41) is 51.9. The van der Waals surface area contributed by atoms with Gasteiger partial charge in [0.15, 0.2) is 0 Å². The zero-order valence-electron chi connectivity index (χ0n) is 14.5. The molecule has 0 unspecified atom stereocenters. The van der Waals surface area contributed by atoms with Crippen LogP contribution in [0.1, 0.15) is 34.6 Å². The van der Waals surface area contributed by atoms with E-state index < -0.39 is 41.8 Å². The lowest BCUT2D eigenvalue weighted by atomic mass is 10.7. The fourth-order valence-electron chi connectivity index (χ4n) is 0. The molecule has 0 radical (unpaired) electrons. The summed E-state index contributed by atoms with van der Waals surface area (Å²) in [7, 11) is 0. The summed E-state index contributed by atoms with van der Waals surface area (Å²) in [5.41, 5.74) is 0. The monoisotopic (exact) mass is 390 g/mol. The Balaban J connectivity index is -0.0000000466. The Kier molecular flexibility index (Phi) is 42.9. The van der Waals surface area contributed by atoms with Gasteiger partial charge in [-0.15, -0.1) is 0 Å². The first-order valence-electron chi connectivity index (χ1n) is 5.74. The van der Waals surface area contributed by atoms with Crippen LogP contribution in [0.25, 0.3) is 0 Å². The smallest absolute Gasteiger partial charge is 0.414 e. The number of carboxylic acids is 7. The minimum absolute atomic E-state index is 0.833. The Hall–Kier alpha value is -3.71. The number of rotatable bonds is 0. The maximum atomic E-state index is 9.10. The minimum atomic E-state index is -1.82. The number of carbonyl (C=O) groups is 7. The van der Waals surface area contributed by atoms with Crippen molar-refractivity contribution in [3.63, 3.8) is 0 Å². The van der Waals surface area contributed by atoms with Crippen molar-refractivity contribution in [2.24, 2.45) is 0 Å². The van der Waals surface area contributed by atoms with Gasteiger partial charge >= 0.3 is 11.9 Å². The molecule has 0 aromatic heterocycles. The van der Waals surface area contributed by atoms with Crippen LogP contribution in [0.5, 0.6) is 0 Å². The second-order valence-electron chi connectivity index (χ2n) is 3.21. The second-order valence-corrected chi connectivity index (χ2v) is 3.21. The topological polar surface area (TPSA) is 261 Å². The summed E-state index contributed by atoms with van der Waals surface area (Å²) in [5.74, 6) is -7.81. The van der Waals surface area contributed by atoms with Crippen molar-refractivity contribution in [1.82, 2.24) is 0 Å². The van der Waals surface area contributed by atoms with Gasteiger partial charge in [-0.3, -0.25) is 24.0 Å². The molecule has 0 aromatic rings. The third-order valence-corrected chi connectivity index (χ3v) is 0.183. The van der Waals surface area contributed by atoms with E-state index in [9.17, 15) is 0 Å². The molecule has 0 rings (SSSR count). The Morgan fingerprint density at radius 3 is 0.385 bits per heavy atom. The fraction of sp³-hybridized carbons (Fsp3) is 0.417. The molecule has 14 heteroatoms. The molecular formula is C12H22O14. The van der Waals surface area contributed by atoms with E-state index >= 15 is 0 Å². The molecule has 0 atom stereocenters. The van der Waals surface area contributed by atoms with Crippen LogP contribution in [-0.4, -0.2) is 77.5 Å². The molecule has 14 nitrogen and oxygen atoms in total. The van der Waals surface area contributed by atoms with E-state index in [1.807, 2.05) is 0 Å². The SMILES string of the molecule is CC(=O)O.CC(=O)O.CC(=O)O.CC(=O)O.CC(=O)O.O=C(O)C(=O)O. The van der Waals surface area contributed by atoms with E-state index in [4.69, 9.17) is 69.3 Å². The standard InChI is InChI=1S/C2H2O4.5C2H4O2/c3-1(4)2(5)6;5*1-2(3)4/h(H,3,4)(H,5,6);5*1H3,(H,3,4). The predicted octanol–water partition coefficient (Wildman–Crippen LogP) is -0.390. The molecule has 0 saturated heterocycles. The van der Waals surface area contributed by atoms with Gasteiger partial charge in [0.1, 0.15) is 0 Å². The van der Waals surface area contributed by atoms with Crippen LogP contribution in [0.2, 0.25) is 0 Å². The highest BCUT2D eigenvalue weighted by Crippen LogP contribution is 1.56. The zero-order valence-corrected chi connectivity index (χ0v) is 14.5. The summed E-state index contributed by atoms with van der Waals surface area (Å²) in [6.07, 6.45) is 0. The van der Waals surface area contributed by atoms with Crippen LogP contribution >= 0.6 is 0 Å². The van der Waals surface area contributed by atoms with Crippen LogP contribution in [0.3, 0.4) is 0 Å². The number of hydrogen-bond acceptors (Lipinski definition) is 7. The molecule has 0 aliphatic carbocycles. The van der Waals surface area contributed by atoms with Gasteiger partial charge in [-0.1, -0.05) is 0 Å². The molecule has 0 amide bonds. The molecule has 0 fully saturated rings. The van der Waals surface area contributed by atoms with Crippen molar-refractivity contribution in [2.45, 2.75) is 34.6 Å². The van der Waals surface area contributed by atoms with Crippen LogP contribution in [0.4, 0.5) is 0 Å². The molecular weight excluding hydrogens is 368 g/mol. The zero-order chi connectivity index (χ0) is 23.0. The van der Waals surface area contributed by atoms with Gasteiger partial charge in [0.05, 0.1) is 0 Å². The van der Waals surface area contributed by atoms with Gasteiger partial charge in [0.25, 0.3) is 29.8 Å². The van der Waals surface area contributed by atoms with E-state index in [1.165, 1.54) is 0 Å². The predicted molar refractivity (Wildman–Crippen MR) is 81.8 cm³/mol. The highest BCUT2D eigenvalue weighted by molar-refractivity contribution is 6.27. The maximum absolute atomic E-state index is 9.10. The lowest BCUT2D eigenvalue weighted by molar-refractivity contribution is -0.159. The summed E-state index contributed by atoms with van der Waals surface area (Å²) in [6.45, 7) is 5.42. The number of carboxylic acid groups (broad SMARTS) is 7. The summed E-state index contributed by atoms with van der Waals surface area (Å²) in [6, 6.07) is 0. The van der Waals surface area contributed by atoms with E-state index in [2.05, 4.69) is 0 Å². The first-order chi connectivity index (χ1) is 11.3. The van der Waals surface area contributed by atoms with Crippen molar-refractivity contribution >= 4 is 41.8 Å². The molecule has 26 heavy (non-hydrogen) atoms. The van der Waals surface area contributed by atoms with Crippen molar-refractivity contribution in [1.29, 1.82) is 0 Å². The quantitative estimate of drug-likeness (QED) is 0.260. The molecule has 154 valence electrons. The average molecular weight is 390 g/mol. The van der Waals surface area contributed by atoms with Gasteiger partial charge < -0.3 is 35.7 Å². The third kappa shape index (κ3) is 89800. The van der Waals surface area contributed by atoms with Crippen molar-refractivity contribution in [2.75, 3.05) is 0 Å². The molecule has 0 heterocycles. The Morgan fingerprint density at radius 2 is 0.385 bits per heavy atom. The van der Waals surface area contributed by atoms with Crippen LogP contribution in [-0.2, 0) is 33.6 Å². The molecule has 0 spiro atoms. The van der Waals surface area contributed by atoms with Gasteiger partial charge in [-0.25, -0.2) is 9.59 Å². The van der Waals surface area contributed by atoms with Gasteiger partial charge in [-0.2, -0.15) is 0 Å². The Morgan fingerprint density at radius 1 is 0.346 bits per heavy atom. The fourth-order valence-corrected chi connectivity index (χ4v) is 0. The van der Waals surface area contributed by atoms with Crippen LogP contribution < -0.4 is 0 Å². The highest BCUT2D eigenvalue weighted by Gasteiger charge is 2.04. The molecule has 0 aliphatic heterocycles. The maximum Gasteiger partial charge on any atom is 0.414 e. The average Bonchev–Trinajstić information content (AvgIpc) is 2.23. The Bertz CT molecular complexity index is 349. The van der Waals surface area contributed by atoms with Crippen LogP contribution in [0.15, 0.2) is 0 Å². The molecule has 0 saturated carbocycles. The lowest BCUT2D eigenvalue weighted by Crippen LogP contribution is -2.09. The van der Waals surface area contributed by atoms with E-state index in [0.717, 1.165) is 34.6 Å². The second kappa shape index (κ2) is 29.3. The van der Waals surface area contributed by atoms with E-state index in [-0.39, 0.29) is 0 Å². The van der Waals surface area contributed by atoms with Crippen molar-refractivity contribution in [3.8, 4) is 0 Å². The minimum Gasteiger partial charge on any atom is -0.481 e. The molecule has 0 aliphatic rings. The van der Waals surface area contributed by atoms with Gasteiger partial charge in [0, 0.05) is 34.6 Å². The lowest BCUT2D eigenvalue weighted by Gasteiger charge is -1.72. The van der Waals surface area contributed by atoms with Gasteiger partial charge in [0.2, 0.25) is 0 Å². The van der Waals surface area contributed by atoms with Crippen molar-refractivity contribution in [3.05, 3.63) is 0 Å². The number of hydrogen-bond donors (Lipinski definition) is 7. The number of aliphatic carboxylic acids is 7. The largest absolute Gasteiger partial charge is 0.481 e. The van der Waals surface area contributed by atoms with Crippen LogP contribution in [0, 0.1) is 0 Å². The first-order valence-corrected chi connectivity index (χ1v) is 5.74. The van der Waals surface area contributed by atoms with E-state index in [1.54, 1.807) is 0 Å². The first kappa shape index (κ1) is 38.1. The van der Waals surface area contributed by atoms with Gasteiger partial charge in [-0.05, 0) is 0 Å². The summed E-state index contributed by atoms with van der Waals surface area (Å²) >= 11 is 0.